The average molecular weight is 303 g/mol. The molecular weight excluding hydrogens is 290 g/mol. The molecule has 2 aromatic heterocycles. The first-order valence-corrected chi connectivity index (χ1v) is 7.59. The van der Waals surface area contributed by atoms with Gasteiger partial charge in [-0.05, 0) is 18.5 Å². The van der Waals surface area contributed by atoms with Crippen LogP contribution in [-0.2, 0) is 16.6 Å². The number of hydrogen-bond donors (Lipinski definition) is 0. The molecule has 0 amide bonds. The Labute approximate surface area is 115 Å². The quantitative estimate of drug-likeness (QED) is 0.827. The molecule has 0 aliphatic rings. The van der Waals surface area contributed by atoms with E-state index in [1.165, 1.54) is 23.8 Å². The van der Waals surface area contributed by atoms with Crippen molar-refractivity contribution in [3.05, 3.63) is 22.9 Å². The standard InChI is InChI=1S/C10H13N3O4S2/c1-7-4-8(11-17-7)5-13(2)19(14,15)9-6-18-12-10(9)16-3/h4,6H,5H2,1-3H3. The minimum atomic E-state index is -3.65. The van der Waals surface area contributed by atoms with Crippen LogP contribution in [0.1, 0.15) is 11.5 Å². The Balaban J connectivity index is 2.24. The average Bonchev–Trinajstić information content (AvgIpc) is 2.97. The van der Waals surface area contributed by atoms with Gasteiger partial charge in [-0.25, -0.2) is 8.42 Å². The fourth-order valence-corrected chi connectivity index (χ4v) is 3.68. The number of aromatic nitrogens is 2. The lowest BCUT2D eigenvalue weighted by Crippen LogP contribution is -2.26. The van der Waals surface area contributed by atoms with Crippen molar-refractivity contribution in [2.45, 2.75) is 18.4 Å². The largest absolute Gasteiger partial charge is 0.479 e. The van der Waals surface area contributed by atoms with Gasteiger partial charge in [0, 0.05) is 18.5 Å². The summed E-state index contributed by atoms with van der Waals surface area (Å²) in [7, 11) is -0.800. The SMILES string of the molecule is COc1nscc1S(=O)(=O)N(C)Cc1cc(C)on1. The zero-order chi connectivity index (χ0) is 14.0. The molecule has 0 saturated carbocycles. The minimum Gasteiger partial charge on any atom is -0.479 e. The molecule has 0 N–H and O–H groups in total. The molecule has 0 fully saturated rings. The molecule has 0 bridgehead atoms. The highest BCUT2D eigenvalue weighted by Gasteiger charge is 2.27. The summed E-state index contributed by atoms with van der Waals surface area (Å²) < 4.78 is 39.6. The maximum absolute atomic E-state index is 12.3. The van der Waals surface area contributed by atoms with Crippen LogP contribution < -0.4 is 4.74 Å². The van der Waals surface area contributed by atoms with Crippen LogP contribution in [-0.4, -0.2) is 36.4 Å². The van der Waals surface area contributed by atoms with Crippen LogP contribution in [0.25, 0.3) is 0 Å². The number of hydrogen-bond acceptors (Lipinski definition) is 7. The number of nitrogens with zero attached hydrogens (tertiary/aromatic N) is 3. The van der Waals surface area contributed by atoms with Crippen molar-refractivity contribution >= 4 is 21.6 Å². The summed E-state index contributed by atoms with van der Waals surface area (Å²) in [6.45, 7) is 1.87. The van der Waals surface area contributed by atoms with Gasteiger partial charge in [0.1, 0.15) is 5.76 Å². The van der Waals surface area contributed by atoms with Crippen molar-refractivity contribution in [1.29, 1.82) is 0 Å². The van der Waals surface area contributed by atoms with Crippen LogP contribution in [0.4, 0.5) is 0 Å². The van der Waals surface area contributed by atoms with Crippen molar-refractivity contribution in [2.24, 2.45) is 0 Å². The lowest BCUT2D eigenvalue weighted by atomic mass is 10.4. The molecule has 2 aromatic rings. The van der Waals surface area contributed by atoms with Gasteiger partial charge in [0.2, 0.25) is 15.9 Å². The van der Waals surface area contributed by atoms with E-state index in [1.807, 2.05) is 0 Å². The Morgan fingerprint density at radius 1 is 1.53 bits per heavy atom. The summed E-state index contributed by atoms with van der Waals surface area (Å²) in [6, 6.07) is 1.69. The summed E-state index contributed by atoms with van der Waals surface area (Å²) in [5.41, 5.74) is 0.547. The summed E-state index contributed by atoms with van der Waals surface area (Å²) in [4.78, 5) is 0.0581. The minimum absolute atomic E-state index is 0.0581. The Bertz CT molecular complexity index is 662. The van der Waals surface area contributed by atoms with Gasteiger partial charge in [-0.2, -0.15) is 8.68 Å². The van der Waals surface area contributed by atoms with Gasteiger partial charge in [-0.3, -0.25) is 0 Å². The van der Waals surface area contributed by atoms with Crippen LogP contribution in [0.2, 0.25) is 0 Å². The predicted molar refractivity (Wildman–Crippen MR) is 68.6 cm³/mol. The predicted octanol–water partition coefficient (Wildman–Crippen LogP) is 1.27. The summed E-state index contributed by atoms with van der Waals surface area (Å²) in [6.07, 6.45) is 0. The molecule has 2 rings (SSSR count). The molecule has 0 aromatic carbocycles. The van der Waals surface area contributed by atoms with E-state index in [4.69, 9.17) is 9.26 Å². The second-order valence-electron chi connectivity index (χ2n) is 3.88. The van der Waals surface area contributed by atoms with E-state index >= 15 is 0 Å². The first-order valence-electron chi connectivity index (χ1n) is 5.32. The topological polar surface area (TPSA) is 85.5 Å². The second kappa shape index (κ2) is 5.27. The molecule has 19 heavy (non-hydrogen) atoms. The van der Waals surface area contributed by atoms with Gasteiger partial charge in [0.05, 0.1) is 19.3 Å². The van der Waals surface area contributed by atoms with Crippen molar-refractivity contribution in [2.75, 3.05) is 14.2 Å². The van der Waals surface area contributed by atoms with E-state index in [-0.39, 0.29) is 17.3 Å². The van der Waals surface area contributed by atoms with Gasteiger partial charge < -0.3 is 9.26 Å². The smallest absolute Gasteiger partial charge is 0.249 e. The molecule has 104 valence electrons. The lowest BCUT2D eigenvalue weighted by molar-refractivity contribution is 0.374. The van der Waals surface area contributed by atoms with Crippen LogP contribution in [0.15, 0.2) is 20.9 Å². The first-order chi connectivity index (χ1) is 8.95. The first kappa shape index (κ1) is 14.0. The molecule has 9 heteroatoms. The molecule has 2 heterocycles. The van der Waals surface area contributed by atoms with Crippen molar-refractivity contribution in [3.8, 4) is 5.88 Å². The van der Waals surface area contributed by atoms with Crippen LogP contribution in [0.5, 0.6) is 5.88 Å². The molecule has 7 nitrogen and oxygen atoms in total. The number of methoxy groups -OCH3 is 1. The second-order valence-corrected chi connectivity index (χ2v) is 6.52. The molecule has 0 atom stereocenters. The van der Waals surface area contributed by atoms with Crippen molar-refractivity contribution in [3.63, 3.8) is 0 Å². The third-order valence-electron chi connectivity index (χ3n) is 2.45. The van der Waals surface area contributed by atoms with E-state index in [0.29, 0.717) is 11.5 Å². The fraction of sp³-hybridized carbons (Fsp3) is 0.400. The normalized spacial score (nSPS) is 12.0. The summed E-state index contributed by atoms with van der Waals surface area (Å²) in [5, 5.41) is 5.21. The van der Waals surface area contributed by atoms with E-state index in [9.17, 15) is 8.42 Å². The number of sulfonamides is 1. The van der Waals surface area contributed by atoms with Gasteiger partial charge in [-0.1, -0.05) is 5.16 Å². The Hall–Kier alpha value is -1.45. The van der Waals surface area contributed by atoms with E-state index in [2.05, 4.69) is 9.53 Å². The molecule has 0 aliphatic heterocycles. The van der Waals surface area contributed by atoms with Crippen molar-refractivity contribution < 1.29 is 17.7 Å². The highest BCUT2D eigenvalue weighted by Crippen LogP contribution is 2.27. The molecule has 0 spiro atoms. The zero-order valence-electron chi connectivity index (χ0n) is 10.7. The van der Waals surface area contributed by atoms with Crippen molar-refractivity contribution in [1.82, 2.24) is 13.8 Å². The van der Waals surface area contributed by atoms with Gasteiger partial charge in [0.25, 0.3) is 0 Å². The van der Waals surface area contributed by atoms with Gasteiger partial charge >= 0.3 is 0 Å². The molecule has 0 unspecified atom stereocenters. The van der Waals surface area contributed by atoms with Gasteiger partial charge in [0.15, 0.2) is 4.90 Å². The fourth-order valence-electron chi connectivity index (χ4n) is 1.50. The van der Waals surface area contributed by atoms with E-state index in [0.717, 1.165) is 11.5 Å². The lowest BCUT2D eigenvalue weighted by Gasteiger charge is -2.14. The zero-order valence-corrected chi connectivity index (χ0v) is 12.3. The number of ether oxygens (including phenoxy) is 1. The summed E-state index contributed by atoms with van der Waals surface area (Å²) in [5.74, 6) is 0.740. The van der Waals surface area contributed by atoms with Crippen LogP contribution >= 0.6 is 11.5 Å². The van der Waals surface area contributed by atoms with Crippen LogP contribution in [0, 0.1) is 6.92 Å². The Kier molecular flexibility index (Phi) is 3.88. The monoisotopic (exact) mass is 303 g/mol. The Morgan fingerprint density at radius 2 is 2.26 bits per heavy atom. The molecule has 0 saturated heterocycles. The molecule has 0 radical (unpaired) electrons. The molecule has 0 aliphatic carbocycles. The third-order valence-corrected chi connectivity index (χ3v) is 5.01. The van der Waals surface area contributed by atoms with E-state index < -0.39 is 10.0 Å². The highest BCUT2D eigenvalue weighted by atomic mass is 32.2. The maximum Gasteiger partial charge on any atom is 0.249 e. The summed E-state index contributed by atoms with van der Waals surface area (Å²) >= 11 is 1.03. The van der Waals surface area contributed by atoms with E-state index in [1.54, 1.807) is 13.0 Å². The third kappa shape index (κ3) is 2.77. The van der Waals surface area contributed by atoms with Gasteiger partial charge in [-0.15, -0.1) is 0 Å². The number of rotatable bonds is 5. The maximum atomic E-state index is 12.3. The molecular formula is C10H13N3O4S2. The number of aryl methyl sites for hydroxylation is 1. The Morgan fingerprint density at radius 3 is 2.84 bits per heavy atom. The van der Waals surface area contributed by atoms with Crippen LogP contribution in [0.3, 0.4) is 0 Å². The highest BCUT2D eigenvalue weighted by molar-refractivity contribution is 7.89.